The third kappa shape index (κ3) is 3.24. The third-order valence-corrected chi connectivity index (χ3v) is 3.85. The highest BCUT2D eigenvalue weighted by molar-refractivity contribution is 5.84. The molecule has 0 amide bonds. The minimum absolute atomic E-state index is 0.518. The quantitative estimate of drug-likeness (QED) is 0.517. The number of ether oxygens (including phenoxy) is 1. The van der Waals surface area contributed by atoms with Crippen molar-refractivity contribution in [2.24, 2.45) is 0 Å². The van der Waals surface area contributed by atoms with E-state index < -0.39 is 0 Å². The molecular formula is C22H15N3O. The summed E-state index contributed by atoms with van der Waals surface area (Å²) in [6.07, 6.45) is 0. The number of nitrogens with zero attached hydrogens (tertiary/aromatic N) is 3. The summed E-state index contributed by atoms with van der Waals surface area (Å²) >= 11 is 0. The number of benzene rings is 2. The highest BCUT2D eigenvalue weighted by Gasteiger charge is 2.10. The summed E-state index contributed by atoms with van der Waals surface area (Å²) in [5.41, 5.74) is 3.09. The van der Waals surface area contributed by atoms with Crippen LogP contribution in [-0.4, -0.2) is 22.1 Å². The van der Waals surface area contributed by atoms with E-state index in [4.69, 9.17) is 4.74 Å². The van der Waals surface area contributed by atoms with Gasteiger partial charge in [0.2, 0.25) is 5.88 Å². The summed E-state index contributed by atoms with van der Waals surface area (Å²) in [6.45, 7) is 0. The molecule has 124 valence electrons. The largest absolute Gasteiger partial charge is 0.480 e. The minimum atomic E-state index is 0.518. The maximum Gasteiger partial charge on any atom is 0.224 e. The smallest absolute Gasteiger partial charge is 0.224 e. The Labute approximate surface area is 151 Å². The lowest BCUT2D eigenvalue weighted by molar-refractivity contribution is 0.403. The standard InChI is InChI=1S/C22H15N3O/c1-26-22-18-11-5-6-12-19(18)24-21(25-22)20-13-7-10-17(23-20)15-14-16-8-3-2-4-9-16/h2-13H,1H3. The molecule has 2 heterocycles. The highest BCUT2D eigenvalue weighted by atomic mass is 16.5. The average molecular weight is 337 g/mol. The van der Waals surface area contributed by atoms with Crippen LogP contribution in [0.2, 0.25) is 0 Å². The van der Waals surface area contributed by atoms with Gasteiger partial charge in [0.1, 0.15) is 11.4 Å². The lowest BCUT2D eigenvalue weighted by atomic mass is 10.2. The lowest BCUT2D eigenvalue weighted by Gasteiger charge is -2.07. The molecule has 4 rings (SSSR count). The molecule has 0 saturated heterocycles. The fraction of sp³-hybridized carbons (Fsp3) is 0.0455. The van der Waals surface area contributed by atoms with E-state index in [0.29, 0.717) is 23.1 Å². The first-order valence-electron chi connectivity index (χ1n) is 8.19. The van der Waals surface area contributed by atoms with Gasteiger partial charge >= 0.3 is 0 Å². The van der Waals surface area contributed by atoms with Crippen LogP contribution in [0.15, 0.2) is 72.8 Å². The van der Waals surface area contributed by atoms with Gasteiger partial charge in [-0.15, -0.1) is 0 Å². The van der Waals surface area contributed by atoms with Crippen molar-refractivity contribution in [2.75, 3.05) is 7.11 Å². The predicted molar refractivity (Wildman–Crippen MR) is 102 cm³/mol. The van der Waals surface area contributed by atoms with Crippen LogP contribution in [0, 0.1) is 11.8 Å². The fourth-order valence-corrected chi connectivity index (χ4v) is 2.60. The van der Waals surface area contributed by atoms with Crippen LogP contribution >= 0.6 is 0 Å². The van der Waals surface area contributed by atoms with Crippen LogP contribution in [0.25, 0.3) is 22.4 Å². The molecule has 2 aromatic heterocycles. The van der Waals surface area contributed by atoms with Gasteiger partial charge in [-0.1, -0.05) is 42.3 Å². The SMILES string of the molecule is COc1nc(-c2cccc(C#Cc3ccccc3)n2)nc2ccccc12. The van der Waals surface area contributed by atoms with Gasteiger partial charge in [-0.2, -0.15) is 4.98 Å². The van der Waals surface area contributed by atoms with Gasteiger partial charge in [0.15, 0.2) is 5.82 Å². The summed E-state index contributed by atoms with van der Waals surface area (Å²) in [5.74, 6) is 7.26. The first kappa shape index (κ1) is 15.8. The van der Waals surface area contributed by atoms with Crippen molar-refractivity contribution in [1.82, 2.24) is 15.0 Å². The average Bonchev–Trinajstić information content (AvgIpc) is 2.72. The number of hydrogen-bond acceptors (Lipinski definition) is 4. The van der Waals surface area contributed by atoms with Gasteiger partial charge in [-0.05, 0) is 42.3 Å². The lowest BCUT2D eigenvalue weighted by Crippen LogP contribution is -1.98. The number of fused-ring (bicyclic) bond motifs is 1. The van der Waals surface area contributed by atoms with Gasteiger partial charge in [0.25, 0.3) is 0 Å². The Morgan fingerprint density at radius 3 is 2.38 bits per heavy atom. The minimum Gasteiger partial charge on any atom is -0.480 e. The molecule has 0 unspecified atom stereocenters. The number of pyridine rings is 1. The van der Waals surface area contributed by atoms with Gasteiger partial charge < -0.3 is 4.74 Å². The molecule has 4 heteroatoms. The monoisotopic (exact) mass is 337 g/mol. The summed E-state index contributed by atoms with van der Waals surface area (Å²) in [6, 6.07) is 23.2. The molecule has 0 spiro atoms. The molecule has 0 aliphatic heterocycles. The Morgan fingerprint density at radius 1 is 0.731 bits per heavy atom. The van der Waals surface area contributed by atoms with E-state index in [9.17, 15) is 0 Å². The molecule has 0 aliphatic rings. The molecule has 0 bridgehead atoms. The molecular weight excluding hydrogens is 322 g/mol. The van der Waals surface area contributed by atoms with Crippen molar-refractivity contribution in [3.63, 3.8) is 0 Å². The second-order valence-electron chi connectivity index (χ2n) is 5.60. The molecule has 0 atom stereocenters. The van der Waals surface area contributed by atoms with Crippen LogP contribution in [0.1, 0.15) is 11.3 Å². The number of methoxy groups -OCH3 is 1. The normalized spacial score (nSPS) is 10.2. The highest BCUT2D eigenvalue weighted by Crippen LogP contribution is 2.25. The Hall–Kier alpha value is -3.71. The maximum absolute atomic E-state index is 5.42. The zero-order valence-corrected chi connectivity index (χ0v) is 14.2. The Kier molecular flexibility index (Phi) is 4.28. The van der Waals surface area contributed by atoms with E-state index in [2.05, 4.69) is 26.8 Å². The van der Waals surface area contributed by atoms with E-state index in [1.54, 1.807) is 7.11 Å². The summed E-state index contributed by atoms with van der Waals surface area (Å²) in [7, 11) is 1.60. The number of rotatable bonds is 2. The number of aromatic nitrogens is 3. The van der Waals surface area contributed by atoms with E-state index in [-0.39, 0.29) is 0 Å². The van der Waals surface area contributed by atoms with Crippen molar-refractivity contribution >= 4 is 10.9 Å². The Balaban J connectivity index is 1.75. The van der Waals surface area contributed by atoms with Crippen LogP contribution in [0.5, 0.6) is 5.88 Å². The van der Waals surface area contributed by atoms with Gasteiger partial charge in [0, 0.05) is 5.56 Å². The molecule has 2 aromatic carbocycles. The van der Waals surface area contributed by atoms with Crippen molar-refractivity contribution in [2.45, 2.75) is 0 Å². The Morgan fingerprint density at radius 2 is 1.54 bits per heavy atom. The maximum atomic E-state index is 5.42. The van der Waals surface area contributed by atoms with Crippen LogP contribution in [0.3, 0.4) is 0 Å². The second kappa shape index (κ2) is 7.04. The molecule has 4 aromatic rings. The van der Waals surface area contributed by atoms with Crippen molar-refractivity contribution in [1.29, 1.82) is 0 Å². The molecule has 26 heavy (non-hydrogen) atoms. The van der Waals surface area contributed by atoms with Gasteiger partial charge in [-0.25, -0.2) is 9.97 Å². The van der Waals surface area contributed by atoms with E-state index in [1.807, 2.05) is 72.8 Å². The second-order valence-corrected chi connectivity index (χ2v) is 5.60. The third-order valence-electron chi connectivity index (χ3n) is 3.85. The first-order chi connectivity index (χ1) is 12.8. The van der Waals surface area contributed by atoms with Gasteiger partial charge in [-0.3, -0.25) is 0 Å². The van der Waals surface area contributed by atoms with E-state index in [0.717, 1.165) is 16.5 Å². The van der Waals surface area contributed by atoms with Crippen molar-refractivity contribution < 1.29 is 4.74 Å². The molecule has 0 radical (unpaired) electrons. The fourth-order valence-electron chi connectivity index (χ4n) is 2.60. The topological polar surface area (TPSA) is 47.9 Å². The van der Waals surface area contributed by atoms with Crippen molar-refractivity contribution in [3.05, 3.63) is 84.1 Å². The molecule has 0 aliphatic carbocycles. The molecule has 0 fully saturated rings. The van der Waals surface area contributed by atoms with Crippen LogP contribution < -0.4 is 4.74 Å². The molecule has 4 nitrogen and oxygen atoms in total. The summed E-state index contributed by atoms with van der Waals surface area (Å²) in [4.78, 5) is 13.7. The Bertz CT molecular complexity index is 1130. The zero-order valence-electron chi connectivity index (χ0n) is 14.2. The van der Waals surface area contributed by atoms with E-state index in [1.165, 1.54) is 0 Å². The summed E-state index contributed by atoms with van der Waals surface area (Å²) in [5, 5.41) is 0.874. The van der Waals surface area contributed by atoms with Gasteiger partial charge in [0.05, 0.1) is 18.0 Å². The van der Waals surface area contributed by atoms with E-state index >= 15 is 0 Å². The molecule has 0 saturated carbocycles. The predicted octanol–water partition coefficient (Wildman–Crippen LogP) is 4.10. The number of hydrogen-bond donors (Lipinski definition) is 0. The van der Waals surface area contributed by atoms with Crippen LogP contribution in [-0.2, 0) is 0 Å². The first-order valence-corrected chi connectivity index (χ1v) is 8.19. The number of para-hydroxylation sites is 1. The zero-order chi connectivity index (χ0) is 17.8. The van der Waals surface area contributed by atoms with Crippen LogP contribution in [0.4, 0.5) is 0 Å². The summed E-state index contributed by atoms with van der Waals surface area (Å²) < 4.78 is 5.42. The van der Waals surface area contributed by atoms with Crippen molar-refractivity contribution in [3.8, 4) is 29.2 Å². The molecule has 0 N–H and O–H groups in total.